The first-order chi connectivity index (χ1) is 8.66. The molecule has 2 rings (SSSR count). The third-order valence-electron chi connectivity index (χ3n) is 3.51. The lowest BCUT2D eigenvalue weighted by molar-refractivity contribution is 0.198. The molecule has 0 aromatic carbocycles. The van der Waals surface area contributed by atoms with Crippen molar-refractivity contribution in [2.75, 3.05) is 51.6 Å². The van der Waals surface area contributed by atoms with Crippen LogP contribution in [0.3, 0.4) is 0 Å². The zero-order valence-corrected chi connectivity index (χ0v) is 11.7. The van der Waals surface area contributed by atoms with Crippen LogP contribution in [0.25, 0.3) is 0 Å². The predicted octanol–water partition coefficient (Wildman–Crippen LogP) is -0.788. The maximum absolute atomic E-state index is 11.9. The van der Waals surface area contributed by atoms with Crippen molar-refractivity contribution in [2.45, 2.75) is 19.3 Å². The van der Waals surface area contributed by atoms with E-state index in [1.54, 1.807) is 0 Å². The van der Waals surface area contributed by atoms with Crippen molar-refractivity contribution < 1.29 is 8.42 Å². The molecule has 2 fully saturated rings. The molecule has 0 aromatic rings. The van der Waals surface area contributed by atoms with Gasteiger partial charge >= 0.3 is 0 Å². The third-order valence-corrected chi connectivity index (χ3v) is 4.77. The molecule has 2 aliphatic heterocycles. The minimum atomic E-state index is -3.17. The molecular formula is C11H24N4O2S. The number of hydrogen-bond acceptors (Lipinski definition) is 5. The Hall–Kier alpha value is -0.210. The first kappa shape index (κ1) is 14.2. The zero-order valence-electron chi connectivity index (χ0n) is 10.9. The summed E-state index contributed by atoms with van der Waals surface area (Å²) in [5.74, 6) is 0.198. The van der Waals surface area contributed by atoms with E-state index in [-0.39, 0.29) is 5.75 Å². The molecule has 2 saturated heterocycles. The van der Waals surface area contributed by atoms with Gasteiger partial charge in [-0.3, -0.25) is 4.90 Å². The number of sulfonamides is 1. The van der Waals surface area contributed by atoms with E-state index < -0.39 is 10.0 Å². The van der Waals surface area contributed by atoms with E-state index in [2.05, 4.69) is 15.0 Å². The SMILES string of the molecule is O=S(=O)(CCN1CCNCC1)NN1CCCCC1. The van der Waals surface area contributed by atoms with Crippen LogP contribution in [0.15, 0.2) is 0 Å². The number of hydrazine groups is 1. The van der Waals surface area contributed by atoms with E-state index in [1.807, 2.05) is 5.01 Å². The molecule has 0 aliphatic carbocycles. The number of nitrogens with zero attached hydrogens (tertiary/aromatic N) is 2. The average Bonchev–Trinajstić information content (AvgIpc) is 2.38. The largest absolute Gasteiger partial charge is 0.314 e. The van der Waals surface area contributed by atoms with Crippen LogP contribution < -0.4 is 10.1 Å². The molecule has 106 valence electrons. The maximum atomic E-state index is 11.9. The summed E-state index contributed by atoms with van der Waals surface area (Å²) in [5, 5.41) is 5.11. The predicted molar refractivity (Wildman–Crippen MR) is 71.7 cm³/mol. The van der Waals surface area contributed by atoms with Gasteiger partial charge in [0, 0.05) is 45.8 Å². The summed E-state index contributed by atoms with van der Waals surface area (Å²) in [6.07, 6.45) is 3.37. The highest BCUT2D eigenvalue weighted by molar-refractivity contribution is 7.89. The van der Waals surface area contributed by atoms with Gasteiger partial charge in [-0.05, 0) is 12.8 Å². The lowest BCUT2D eigenvalue weighted by atomic mass is 10.2. The van der Waals surface area contributed by atoms with E-state index in [0.717, 1.165) is 52.1 Å². The van der Waals surface area contributed by atoms with E-state index in [9.17, 15) is 8.42 Å². The summed E-state index contributed by atoms with van der Waals surface area (Å²) in [6, 6.07) is 0. The van der Waals surface area contributed by atoms with Crippen molar-refractivity contribution in [1.29, 1.82) is 0 Å². The molecule has 2 aliphatic rings. The van der Waals surface area contributed by atoms with Gasteiger partial charge in [-0.2, -0.15) is 0 Å². The fourth-order valence-corrected chi connectivity index (χ4v) is 3.58. The summed E-state index contributed by atoms with van der Waals surface area (Å²) in [6.45, 7) is 6.11. The highest BCUT2D eigenvalue weighted by atomic mass is 32.2. The Labute approximate surface area is 110 Å². The number of piperazine rings is 1. The molecule has 0 bridgehead atoms. The van der Waals surface area contributed by atoms with Gasteiger partial charge < -0.3 is 5.32 Å². The van der Waals surface area contributed by atoms with Crippen LogP contribution in [-0.2, 0) is 10.0 Å². The zero-order chi connectivity index (χ0) is 12.8. The molecule has 0 amide bonds. The lowest BCUT2D eigenvalue weighted by Crippen LogP contribution is -2.49. The average molecular weight is 276 g/mol. The van der Waals surface area contributed by atoms with Gasteiger partial charge in [0.05, 0.1) is 5.75 Å². The van der Waals surface area contributed by atoms with Gasteiger partial charge in [0.25, 0.3) is 0 Å². The number of piperidine rings is 1. The van der Waals surface area contributed by atoms with E-state index >= 15 is 0 Å². The molecule has 0 atom stereocenters. The Morgan fingerprint density at radius 1 is 1.00 bits per heavy atom. The second kappa shape index (κ2) is 6.81. The summed E-state index contributed by atoms with van der Waals surface area (Å²) >= 11 is 0. The first-order valence-corrected chi connectivity index (χ1v) is 8.49. The molecule has 0 unspecified atom stereocenters. The summed E-state index contributed by atoms with van der Waals surface area (Å²) in [7, 11) is -3.17. The van der Waals surface area contributed by atoms with Crippen molar-refractivity contribution in [3.63, 3.8) is 0 Å². The second-order valence-corrected chi connectivity index (χ2v) is 6.87. The highest BCUT2D eigenvalue weighted by Gasteiger charge is 2.19. The highest BCUT2D eigenvalue weighted by Crippen LogP contribution is 2.07. The summed E-state index contributed by atoms with van der Waals surface area (Å²) < 4.78 is 23.9. The molecule has 7 heteroatoms. The molecular weight excluding hydrogens is 252 g/mol. The van der Waals surface area contributed by atoms with Crippen LogP contribution in [0.2, 0.25) is 0 Å². The van der Waals surface area contributed by atoms with E-state index in [4.69, 9.17) is 0 Å². The molecule has 0 radical (unpaired) electrons. The molecule has 0 spiro atoms. The lowest BCUT2D eigenvalue weighted by Gasteiger charge is -2.29. The van der Waals surface area contributed by atoms with Crippen LogP contribution in [0, 0.1) is 0 Å². The standard InChI is InChI=1S/C11H24N4O2S/c16-18(17,13-15-6-2-1-3-7-15)11-10-14-8-4-12-5-9-14/h12-13H,1-11H2. The molecule has 18 heavy (non-hydrogen) atoms. The first-order valence-electron chi connectivity index (χ1n) is 6.84. The summed E-state index contributed by atoms with van der Waals surface area (Å²) in [5.41, 5.74) is 0. The molecule has 2 heterocycles. The number of nitrogens with one attached hydrogen (secondary N) is 2. The van der Waals surface area contributed by atoms with Crippen molar-refractivity contribution >= 4 is 10.0 Å². The van der Waals surface area contributed by atoms with Crippen molar-refractivity contribution in [2.24, 2.45) is 0 Å². The normalized spacial score (nSPS) is 24.2. The molecule has 0 aromatic heterocycles. The van der Waals surface area contributed by atoms with Gasteiger partial charge in [-0.1, -0.05) is 6.42 Å². The van der Waals surface area contributed by atoms with Gasteiger partial charge in [0.1, 0.15) is 0 Å². The van der Waals surface area contributed by atoms with E-state index in [0.29, 0.717) is 6.54 Å². The minimum Gasteiger partial charge on any atom is -0.314 e. The quantitative estimate of drug-likeness (QED) is 0.689. The Balaban J connectivity index is 1.72. The van der Waals surface area contributed by atoms with Gasteiger partial charge in [-0.25, -0.2) is 13.4 Å². The Morgan fingerprint density at radius 2 is 1.67 bits per heavy atom. The Morgan fingerprint density at radius 3 is 2.33 bits per heavy atom. The van der Waals surface area contributed by atoms with Gasteiger partial charge in [0.15, 0.2) is 0 Å². The third kappa shape index (κ3) is 4.81. The van der Waals surface area contributed by atoms with Crippen LogP contribution >= 0.6 is 0 Å². The second-order valence-electron chi connectivity index (χ2n) is 5.05. The monoisotopic (exact) mass is 276 g/mol. The van der Waals surface area contributed by atoms with E-state index in [1.165, 1.54) is 6.42 Å². The van der Waals surface area contributed by atoms with Crippen LogP contribution in [-0.4, -0.2) is 69.9 Å². The fraction of sp³-hybridized carbons (Fsp3) is 1.00. The van der Waals surface area contributed by atoms with Crippen LogP contribution in [0.4, 0.5) is 0 Å². The van der Waals surface area contributed by atoms with Crippen molar-refractivity contribution in [3.8, 4) is 0 Å². The minimum absolute atomic E-state index is 0.198. The number of hydrogen-bond donors (Lipinski definition) is 2. The maximum Gasteiger partial charge on any atom is 0.225 e. The molecule has 6 nitrogen and oxygen atoms in total. The smallest absolute Gasteiger partial charge is 0.225 e. The summed E-state index contributed by atoms with van der Waals surface area (Å²) in [4.78, 5) is 4.90. The van der Waals surface area contributed by atoms with Gasteiger partial charge in [0.2, 0.25) is 10.0 Å². The van der Waals surface area contributed by atoms with Gasteiger partial charge in [-0.15, -0.1) is 4.83 Å². The van der Waals surface area contributed by atoms with Crippen molar-refractivity contribution in [1.82, 2.24) is 20.1 Å². The Kier molecular flexibility index (Phi) is 5.38. The topological polar surface area (TPSA) is 64.7 Å². The molecule has 2 N–H and O–H groups in total. The fourth-order valence-electron chi connectivity index (χ4n) is 2.41. The number of rotatable bonds is 5. The van der Waals surface area contributed by atoms with Crippen LogP contribution in [0.1, 0.15) is 19.3 Å². The van der Waals surface area contributed by atoms with Crippen molar-refractivity contribution in [3.05, 3.63) is 0 Å². The Bertz CT molecular complexity index is 335. The van der Waals surface area contributed by atoms with Crippen LogP contribution in [0.5, 0.6) is 0 Å². The molecule has 0 saturated carbocycles.